The predicted octanol–water partition coefficient (Wildman–Crippen LogP) is 1.63. The predicted molar refractivity (Wildman–Crippen MR) is 97.1 cm³/mol. The molecule has 0 saturated heterocycles. The molecule has 1 unspecified atom stereocenters. The van der Waals surface area contributed by atoms with Crippen molar-refractivity contribution in [2.45, 2.75) is 19.9 Å². The van der Waals surface area contributed by atoms with Gasteiger partial charge in [0.15, 0.2) is 0 Å². The Balaban J connectivity index is 1.90. The lowest BCUT2D eigenvalue weighted by molar-refractivity contribution is -0.123. The van der Waals surface area contributed by atoms with Crippen molar-refractivity contribution in [1.82, 2.24) is 20.4 Å². The van der Waals surface area contributed by atoms with Gasteiger partial charge in [-0.15, -0.1) is 0 Å². The number of benzene rings is 1. The number of likely N-dealkylation sites (N-methyl/N-ethyl adjacent to an activating group) is 2. The molecule has 0 saturated carbocycles. The van der Waals surface area contributed by atoms with Crippen LogP contribution in [0.4, 0.5) is 5.69 Å². The second kappa shape index (κ2) is 8.49. The molecule has 6 nitrogen and oxygen atoms in total. The lowest BCUT2D eigenvalue weighted by Crippen LogP contribution is -2.40. The van der Waals surface area contributed by atoms with Crippen molar-refractivity contribution in [3.63, 3.8) is 0 Å². The maximum absolute atomic E-state index is 12.4. The van der Waals surface area contributed by atoms with E-state index < -0.39 is 0 Å². The number of hydrogen-bond donors (Lipinski definition) is 2. The molecule has 0 fully saturated rings. The number of hydrogen-bond acceptors (Lipinski definition) is 4. The van der Waals surface area contributed by atoms with E-state index in [0.29, 0.717) is 6.54 Å². The average Bonchev–Trinajstić information content (AvgIpc) is 2.98. The molecule has 2 N–H and O–H groups in total. The van der Waals surface area contributed by atoms with Crippen LogP contribution in [0.15, 0.2) is 36.7 Å². The van der Waals surface area contributed by atoms with Crippen molar-refractivity contribution in [3.05, 3.63) is 47.8 Å². The Morgan fingerprint density at radius 3 is 2.79 bits per heavy atom. The number of carbonyl (C=O) groups excluding carboxylic acids is 1. The Kier molecular flexibility index (Phi) is 6.37. The summed E-state index contributed by atoms with van der Waals surface area (Å²) in [6.45, 7) is 6.48. The summed E-state index contributed by atoms with van der Waals surface area (Å²) in [5.74, 6) is -0.0363. The third kappa shape index (κ3) is 4.58. The molecule has 24 heavy (non-hydrogen) atoms. The van der Waals surface area contributed by atoms with Gasteiger partial charge in [-0.2, -0.15) is 5.10 Å². The Labute approximate surface area is 143 Å². The average molecular weight is 329 g/mol. The van der Waals surface area contributed by atoms with Gasteiger partial charge in [0.1, 0.15) is 6.04 Å². The summed E-state index contributed by atoms with van der Waals surface area (Å²) >= 11 is 0. The molecule has 0 aliphatic heterocycles. The minimum atomic E-state index is -0.382. The van der Waals surface area contributed by atoms with E-state index >= 15 is 0 Å². The van der Waals surface area contributed by atoms with Gasteiger partial charge in [0.05, 0.1) is 6.20 Å². The molecule has 0 radical (unpaired) electrons. The monoisotopic (exact) mass is 329 g/mol. The highest BCUT2D eigenvalue weighted by molar-refractivity contribution is 5.83. The Morgan fingerprint density at radius 2 is 2.21 bits per heavy atom. The largest absolute Gasteiger partial charge is 0.370 e. The third-order valence-electron chi connectivity index (χ3n) is 4.04. The number of carbonyl (C=O) groups is 1. The highest BCUT2D eigenvalue weighted by Gasteiger charge is 2.19. The normalized spacial score (nSPS) is 12.0. The van der Waals surface area contributed by atoms with Gasteiger partial charge in [-0.05, 0) is 38.6 Å². The van der Waals surface area contributed by atoms with Crippen molar-refractivity contribution in [3.8, 4) is 0 Å². The molecule has 0 aliphatic carbocycles. The fraction of sp³-hybridized carbons (Fsp3) is 0.444. The maximum atomic E-state index is 12.4. The van der Waals surface area contributed by atoms with E-state index in [9.17, 15) is 4.79 Å². The van der Waals surface area contributed by atoms with Gasteiger partial charge in [-0.25, -0.2) is 0 Å². The van der Waals surface area contributed by atoms with Gasteiger partial charge in [0, 0.05) is 44.1 Å². The summed E-state index contributed by atoms with van der Waals surface area (Å²) in [5, 5.41) is 10.2. The van der Waals surface area contributed by atoms with Crippen molar-refractivity contribution in [2.24, 2.45) is 7.05 Å². The molecule has 1 amide bonds. The number of rotatable bonds is 8. The third-order valence-corrected chi connectivity index (χ3v) is 4.04. The summed E-state index contributed by atoms with van der Waals surface area (Å²) in [4.78, 5) is 14.7. The molecule has 1 aromatic carbocycles. The topological polar surface area (TPSA) is 62.2 Å². The molecule has 130 valence electrons. The zero-order valence-electron chi connectivity index (χ0n) is 14.9. The van der Waals surface area contributed by atoms with Crippen LogP contribution in [0.1, 0.15) is 24.1 Å². The molecular formula is C18H27N5O. The Bertz CT molecular complexity index is 667. The first kappa shape index (κ1) is 18.0. The van der Waals surface area contributed by atoms with Crippen molar-refractivity contribution in [2.75, 3.05) is 31.6 Å². The maximum Gasteiger partial charge on any atom is 0.241 e. The Hall–Kier alpha value is -2.34. The van der Waals surface area contributed by atoms with Crippen LogP contribution in [0.2, 0.25) is 0 Å². The second-order valence-corrected chi connectivity index (χ2v) is 5.88. The van der Waals surface area contributed by atoms with Crippen LogP contribution < -0.4 is 15.5 Å². The van der Waals surface area contributed by atoms with Gasteiger partial charge in [-0.3, -0.25) is 9.48 Å². The van der Waals surface area contributed by atoms with Crippen LogP contribution in [-0.4, -0.2) is 42.4 Å². The van der Waals surface area contributed by atoms with Crippen LogP contribution in [0.25, 0.3) is 0 Å². The summed E-state index contributed by atoms with van der Waals surface area (Å²) in [5.41, 5.74) is 3.29. The molecule has 1 heterocycles. The first-order valence-corrected chi connectivity index (χ1v) is 8.30. The molecule has 2 rings (SSSR count). The minimum absolute atomic E-state index is 0.0363. The van der Waals surface area contributed by atoms with Crippen molar-refractivity contribution in [1.29, 1.82) is 0 Å². The van der Waals surface area contributed by atoms with E-state index in [1.54, 1.807) is 17.9 Å². The smallest absolute Gasteiger partial charge is 0.241 e. The minimum Gasteiger partial charge on any atom is -0.370 e. The molecule has 0 bridgehead atoms. The van der Waals surface area contributed by atoms with E-state index in [2.05, 4.69) is 58.7 Å². The van der Waals surface area contributed by atoms with Crippen LogP contribution in [0.5, 0.6) is 0 Å². The quantitative estimate of drug-likeness (QED) is 0.773. The standard InChI is InChI=1S/C18H27N5O/c1-5-23(16-8-6-7-14(2)11-16)10-9-20-18(24)17(19-3)15-12-21-22(4)13-15/h6-8,11-13,17,19H,5,9-10H2,1-4H3,(H,20,24). The number of nitrogens with zero attached hydrogens (tertiary/aromatic N) is 3. The molecule has 1 atom stereocenters. The van der Waals surface area contributed by atoms with Crippen LogP contribution >= 0.6 is 0 Å². The molecule has 0 spiro atoms. The fourth-order valence-corrected chi connectivity index (χ4v) is 2.75. The SMILES string of the molecule is CCN(CCNC(=O)C(NC)c1cnn(C)c1)c1cccc(C)c1. The van der Waals surface area contributed by atoms with Gasteiger partial charge in [0.25, 0.3) is 0 Å². The molecule has 6 heteroatoms. The summed E-state index contributed by atoms with van der Waals surface area (Å²) in [7, 11) is 3.62. The van der Waals surface area contributed by atoms with Crippen molar-refractivity contribution < 1.29 is 4.79 Å². The van der Waals surface area contributed by atoms with Crippen LogP contribution in [-0.2, 0) is 11.8 Å². The van der Waals surface area contributed by atoms with E-state index in [0.717, 1.165) is 18.7 Å². The zero-order chi connectivity index (χ0) is 17.5. The second-order valence-electron chi connectivity index (χ2n) is 5.88. The molecule has 0 aliphatic rings. The summed E-state index contributed by atoms with van der Waals surface area (Å²) in [6.07, 6.45) is 3.57. The first-order valence-electron chi connectivity index (χ1n) is 8.30. The number of aryl methyl sites for hydroxylation is 2. The summed E-state index contributed by atoms with van der Waals surface area (Å²) < 4.78 is 1.70. The van der Waals surface area contributed by atoms with Gasteiger partial charge < -0.3 is 15.5 Å². The van der Waals surface area contributed by atoms with E-state index in [1.807, 2.05) is 13.2 Å². The highest BCUT2D eigenvalue weighted by Crippen LogP contribution is 2.15. The van der Waals surface area contributed by atoms with E-state index in [1.165, 1.54) is 11.3 Å². The first-order chi connectivity index (χ1) is 11.5. The molecular weight excluding hydrogens is 302 g/mol. The lowest BCUT2D eigenvalue weighted by Gasteiger charge is -2.24. The Morgan fingerprint density at radius 1 is 1.42 bits per heavy atom. The van der Waals surface area contributed by atoms with Crippen LogP contribution in [0.3, 0.4) is 0 Å². The van der Waals surface area contributed by atoms with Gasteiger partial charge in [-0.1, -0.05) is 12.1 Å². The number of amides is 1. The van der Waals surface area contributed by atoms with E-state index in [-0.39, 0.29) is 11.9 Å². The number of aromatic nitrogens is 2. The van der Waals surface area contributed by atoms with Gasteiger partial charge in [0.2, 0.25) is 5.91 Å². The van der Waals surface area contributed by atoms with Crippen LogP contribution in [0, 0.1) is 6.92 Å². The highest BCUT2D eigenvalue weighted by atomic mass is 16.2. The van der Waals surface area contributed by atoms with E-state index in [4.69, 9.17) is 0 Å². The fourth-order valence-electron chi connectivity index (χ4n) is 2.75. The number of anilines is 1. The summed E-state index contributed by atoms with van der Waals surface area (Å²) in [6, 6.07) is 8.03. The zero-order valence-corrected chi connectivity index (χ0v) is 14.9. The molecule has 1 aromatic heterocycles. The lowest BCUT2D eigenvalue weighted by atomic mass is 10.1. The van der Waals surface area contributed by atoms with Gasteiger partial charge >= 0.3 is 0 Å². The van der Waals surface area contributed by atoms with Crippen molar-refractivity contribution >= 4 is 11.6 Å². The number of nitrogens with one attached hydrogen (secondary N) is 2. The molecule has 2 aromatic rings.